The first-order chi connectivity index (χ1) is 16.1. The molecule has 0 saturated heterocycles. The van der Waals surface area contributed by atoms with Gasteiger partial charge in [0, 0.05) is 33.8 Å². The van der Waals surface area contributed by atoms with Gasteiger partial charge in [-0.15, -0.1) is 0 Å². The van der Waals surface area contributed by atoms with E-state index in [0.29, 0.717) is 0 Å². The summed E-state index contributed by atoms with van der Waals surface area (Å²) in [6, 6.07) is 7.73. The van der Waals surface area contributed by atoms with Crippen molar-refractivity contribution in [3.8, 4) is 5.75 Å². The fraction of sp³-hybridized carbons (Fsp3) is 0.630. The molecule has 35 heavy (non-hydrogen) atoms. The standard InChI is InChI=1S/C27H44BrNO4SSi/c1-25(2,3)34(30)29(4)26(16-17-27(32-6,33-7)20-24(26)28)15-13-21-11-12-23(31-5)22(19-21)14-18-35(8,9)10/h11-12,16-17,19-20H,13-15,18H2,1-10H3/t26-,34?/m1/s1. The van der Waals surface area contributed by atoms with Crippen LogP contribution >= 0.6 is 15.9 Å². The lowest BCUT2D eigenvalue weighted by molar-refractivity contribution is -0.135. The smallest absolute Gasteiger partial charge is 0.208 e. The van der Waals surface area contributed by atoms with Gasteiger partial charge >= 0.3 is 0 Å². The minimum atomic E-state index is -1.23. The number of benzene rings is 1. The van der Waals surface area contributed by atoms with Crippen LogP contribution in [0.1, 0.15) is 38.3 Å². The predicted octanol–water partition coefficient (Wildman–Crippen LogP) is 6.48. The lowest BCUT2D eigenvalue weighted by Crippen LogP contribution is -2.53. The molecule has 0 spiro atoms. The molecule has 1 unspecified atom stereocenters. The molecule has 0 saturated carbocycles. The first-order valence-electron chi connectivity index (χ1n) is 12.1. The third-order valence-electron chi connectivity index (χ3n) is 6.59. The van der Waals surface area contributed by atoms with Gasteiger partial charge in [-0.05, 0) is 69.4 Å². The van der Waals surface area contributed by atoms with Crippen LogP contribution in [-0.4, -0.2) is 61.0 Å². The van der Waals surface area contributed by atoms with Gasteiger partial charge in [-0.1, -0.05) is 59.8 Å². The van der Waals surface area contributed by atoms with Gasteiger partial charge in [0.15, 0.2) is 0 Å². The highest BCUT2D eigenvalue weighted by molar-refractivity contribution is 9.11. The Morgan fingerprint density at radius 2 is 1.69 bits per heavy atom. The Morgan fingerprint density at radius 3 is 2.17 bits per heavy atom. The van der Waals surface area contributed by atoms with E-state index in [-0.39, 0.29) is 0 Å². The van der Waals surface area contributed by atoms with Crippen LogP contribution in [0.5, 0.6) is 5.75 Å². The molecule has 0 fully saturated rings. The maximum atomic E-state index is 13.5. The van der Waals surface area contributed by atoms with Crippen molar-refractivity contribution in [2.24, 2.45) is 0 Å². The molecule has 0 radical (unpaired) electrons. The number of aryl methyl sites for hydroxylation is 2. The normalized spacial score (nSPS) is 21.2. The zero-order valence-electron chi connectivity index (χ0n) is 23.2. The molecular formula is C27H44BrNO4SSi. The van der Waals surface area contributed by atoms with Crippen molar-refractivity contribution >= 4 is 35.0 Å². The molecule has 1 aliphatic carbocycles. The van der Waals surface area contributed by atoms with Crippen LogP contribution in [-0.2, 0) is 33.3 Å². The second-order valence-corrected chi connectivity index (χ2v) is 20.2. The minimum Gasteiger partial charge on any atom is -0.496 e. The highest BCUT2D eigenvalue weighted by Crippen LogP contribution is 2.43. The van der Waals surface area contributed by atoms with E-state index >= 15 is 0 Å². The Kier molecular flexibility index (Phi) is 10.2. The first kappa shape index (κ1) is 30.5. The Hall–Kier alpha value is -0.773. The molecule has 2 rings (SSSR count). The number of methoxy groups -OCH3 is 3. The fourth-order valence-electron chi connectivity index (χ4n) is 4.22. The van der Waals surface area contributed by atoms with Crippen molar-refractivity contribution in [3.05, 3.63) is 52.0 Å². The molecule has 1 aliphatic rings. The predicted molar refractivity (Wildman–Crippen MR) is 154 cm³/mol. The maximum absolute atomic E-state index is 13.5. The zero-order chi connectivity index (χ0) is 26.7. The summed E-state index contributed by atoms with van der Waals surface area (Å²) in [5.74, 6) is 0.00700. The summed E-state index contributed by atoms with van der Waals surface area (Å²) < 4.78 is 32.9. The van der Waals surface area contributed by atoms with E-state index in [1.54, 1.807) is 21.3 Å². The van der Waals surface area contributed by atoms with Gasteiger partial charge in [-0.25, -0.2) is 8.51 Å². The third kappa shape index (κ3) is 7.39. The van der Waals surface area contributed by atoms with Crippen LogP contribution in [0, 0.1) is 0 Å². The van der Waals surface area contributed by atoms with Gasteiger partial charge < -0.3 is 14.2 Å². The number of halogens is 1. The summed E-state index contributed by atoms with van der Waals surface area (Å²) >= 11 is 3.82. The molecule has 0 aromatic heterocycles. The minimum absolute atomic E-state index is 0.399. The van der Waals surface area contributed by atoms with Gasteiger partial charge in [0.25, 0.3) is 0 Å². The molecular weight excluding hydrogens is 542 g/mol. The summed E-state index contributed by atoms with van der Waals surface area (Å²) in [4.78, 5) is 0. The fourth-order valence-corrected chi connectivity index (χ4v) is 7.64. The molecule has 1 aromatic rings. The van der Waals surface area contributed by atoms with E-state index in [9.17, 15) is 4.21 Å². The van der Waals surface area contributed by atoms with E-state index in [4.69, 9.17) is 14.2 Å². The molecule has 5 nitrogen and oxygen atoms in total. The second-order valence-electron chi connectivity index (χ2n) is 11.4. The molecule has 198 valence electrons. The van der Waals surface area contributed by atoms with Crippen molar-refractivity contribution in [2.75, 3.05) is 28.4 Å². The number of ether oxygens (including phenoxy) is 3. The quantitative estimate of drug-likeness (QED) is 0.169. The van der Waals surface area contributed by atoms with E-state index < -0.39 is 35.1 Å². The number of likely N-dealkylation sites (N-methyl/N-ethyl adjacent to an activating group) is 1. The van der Waals surface area contributed by atoms with Crippen molar-refractivity contribution in [3.63, 3.8) is 0 Å². The second kappa shape index (κ2) is 11.7. The number of hydrogen-bond donors (Lipinski definition) is 0. The van der Waals surface area contributed by atoms with Crippen LogP contribution in [0.2, 0.25) is 25.7 Å². The summed E-state index contributed by atoms with van der Waals surface area (Å²) in [5, 5.41) is 0. The van der Waals surface area contributed by atoms with Gasteiger partial charge in [-0.2, -0.15) is 0 Å². The van der Waals surface area contributed by atoms with Crippen LogP contribution in [0.15, 0.2) is 40.9 Å². The molecule has 2 atom stereocenters. The average Bonchev–Trinajstić information content (AvgIpc) is 2.80. The Morgan fingerprint density at radius 1 is 1.06 bits per heavy atom. The lowest BCUT2D eigenvalue weighted by Gasteiger charge is -2.45. The highest BCUT2D eigenvalue weighted by atomic mass is 79.9. The Labute approximate surface area is 225 Å². The summed E-state index contributed by atoms with van der Waals surface area (Å²) in [6.07, 6.45) is 8.50. The molecule has 1 aromatic carbocycles. The van der Waals surface area contributed by atoms with Gasteiger partial charge in [0.05, 0.1) is 17.4 Å². The van der Waals surface area contributed by atoms with Crippen molar-refractivity contribution in [1.29, 1.82) is 0 Å². The summed E-state index contributed by atoms with van der Waals surface area (Å²) in [5.41, 5.74) is 1.91. The molecule has 0 heterocycles. The third-order valence-corrected chi connectivity index (χ3v) is 11.1. The SMILES string of the molecule is COc1ccc(CC[C@@]2(N(C)S(=O)C(C)(C)C)C=CC(OC)(OC)C=C2Br)cc1CC[Si](C)(C)C. The van der Waals surface area contributed by atoms with Crippen molar-refractivity contribution in [1.82, 2.24) is 4.31 Å². The number of hydrogen-bond acceptors (Lipinski definition) is 4. The van der Waals surface area contributed by atoms with E-state index in [1.807, 2.05) is 44.3 Å². The Bertz CT molecular complexity index is 963. The molecule has 0 bridgehead atoms. The topological polar surface area (TPSA) is 48.0 Å². The largest absolute Gasteiger partial charge is 0.496 e. The van der Waals surface area contributed by atoms with E-state index in [0.717, 1.165) is 29.5 Å². The summed E-state index contributed by atoms with van der Waals surface area (Å²) in [7, 11) is 4.51. The average molecular weight is 587 g/mol. The van der Waals surface area contributed by atoms with Gasteiger partial charge in [-0.3, -0.25) is 0 Å². The lowest BCUT2D eigenvalue weighted by atomic mass is 9.85. The van der Waals surface area contributed by atoms with Crippen LogP contribution in [0.4, 0.5) is 0 Å². The Balaban J connectivity index is 2.43. The number of rotatable bonds is 11. The molecule has 0 amide bonds. The number of nitrogens with zero attached hydrogens (tertiary/aromatic N) is 1. The van der Waals surface area contributed by atoms with Crippen molar-refractivity contribution in [2.45, 2.75) is 81.8 Å². The van der Waals surface area contributed by atoms with Gasteiger partial charge in [0.1, 0.15) is 16.7 Å². The molecule has 0 aliphatic heterocycles. The first-order valence-corrected chi connectivity index (χ1v) is 17.7. The highest BCUT2D eigenvalue weighted by Gasteiger charge is 2.45. The van der Waals surface area contributed by atoms with E-state index in [1.165, 1.54) is 17.2 Å². The monoisotopic (exact) mass is 585 g/mol. The van der Waals surface area contributed by atoms with Crippen LogP contribution in [0.3, 0.4) is 0 Å². The van der Waals surface area contributed by atoms with E-state index in [2.05, 4.69) is 59.8 Å². The summed E-state index contributed by atoms with van der Waals surface area (Å²) in [6.45, 7) is 13.2. The van der Waals surface area contributed by atoms with Crippen LogP contribution < -0.4 is 4.74 Å². The van der Waals surface area contributed by atoms with Crippen molar-refractivity contribution < 1.29 is 18.4 Å². The van der Waals surface area contributed by atoms with Crippen LogP contribution in [0.25, 0.3) is 0 Å². The zero-order valence-corrected chi connectivity index (χ0v) is 26.6. The van der Waals surface area contributed by atoms with Gasteiger partial charge in [0.2, 0.25) is 5.79 Å². The molecule has 0 N–H and O–H groups in total. The maximum Gasteiger partial charge on any atom is 0.208 e. The molecule has 8 heteroatoms.